The number of halogens is 1. The van der Waals surface area contributed by atoms with Gasteiger partial charge in [0.1, 0.15) is 5.82 Å². The normalized spacial score (nSPS) is 10.6. The molecule has 0 aliphatic heterocycles. The van der Waals surface area contributed by atoms with Crippen LogP contribution in [0.1, 0.15) is 0 Å². The van der Waals surface area contributed by atoms with Crippen molar-refractivity contribution in [2.24, 2.45) is 0 Å². The first-order valence-electron chi connectivity index (χ1n) is 7.41. The Bertz CT molecular complexity index is 831. The van der Waals surface area contributed by atoms with Crippen LogP contribution in [-0.2, 0) is 4.79 Å². The van der Waals surface area contributed by atoms with Crippen LogP contribution >= 0.6 is 11.8 Å². The van der Waals surface area contributed by atoms with Crippen LogP contribution in [0.25, 0.3) is 16.9 Å². The monoisotopic (exact) mass is 341 g/mol. The van der Waals surface area contributed by atoms with E-state index in [9.17, 15) is 9.18 Å². The second-order valence-corrected chi connectivity index (χ2v) is 6.01. The standard InChI is InChI=1S/C18H16FN3OS/c1-20-17(23)12-24-18-21-11-16(13-5-3-2-4-6-13)22(18)15-9-7-14(19)8-10-15/h2-11H,12H2,1H3,(H,20,23). The van der Waals surface area contributed by atoms with E-state index in [0.29, 0.717) is 5.16 Å². The molecule has 1 N–H and O–H groups in total. The van der Waals surface area contributed by atoms with Crippen molar-refractivity contribution in [2.75, 3.05) is 12.8 Å². The summed E-state index contributed by atoms with van der Waals surface area (Å²) in [5.74, 6) is -0.0993. The summed E-state index contributed by atoms with van der Waals surface area (Å²) in [6.45, 7) is 0. The van der Waals surface area contributed by atoms with Crippen molar-refractivity contribution in [3.8, 4) is 16.9 Å². The lowest BCUT2D eigenvalue weighted by Crippen LogP contribution is -2.20. The molecule has 0 radical (unpaired) electrons. The first kappa shape index (κ1) is 16.3. The number of imidazole rings is 1. The van der Waals surface area contributed by atoms with Gasteiger partial charge in [-0.05, 0) is 24.3 Å². The zero-order chi connectivity index (χ0) is 16.9. The molecule has 122 valence electrons. The zero-order valence-electron chi connectivity index (χ0n) is 13.1. The molecular weight excluding hydrogens is 325 g/mol. The van der Waals surface area contributed by atoms with Crippen LogP contribution in [0.5, 0.6) is 0 Å². The van der Waals surface area contributed by atoms with Crippen molar-refractivity contribution in [3.63, 3.8) is 0 Å². The second kappa shape index (κ2) is 7.31. The Hall–Kier alpha value is -2.60. The highest BCUT2D eigenvalue weighted by atomic mass is 32.2. The molecule has 0 unspecified atom stereocenters. The van der Waals surface area contributed by atoms with Crippen molar-refractivity contribution in [2.45, 2.75) is 5.16 Å². The molecule has 0 atom stereocenters. The SMILES string of the molecule is CNC(=O)CSc1ncc(-c2ccccc2)n1-c1ccc(F)cc1. The van der Waals surface area contributed by atoms with Crippen molar-refractivity contribution < 1.29 is 9.18 Å². The summed E-state index contributed by atoms with van der Waals surface area (Å²) in [5.41, 5.74) is 2.69. The van der Waals surface area contributed by atoms with Crippen LogP contribution in [0.4, 0.5) is 4.39 Å². The highest BCUT2D eigenvalue weighted by Crippen LogP contribution is 2.29. The number of hydrogen-bond acceptors (Lipinski definition) is 3. The third-order valence-corrected chi connectivity index (χ3v) is 4.45. The number of nitrogens with zero attached hydrogens (tertiary/aromatic N) is 2. The minimum atomic E-state index is -0.292. The molecule has 0 bridgehead atoms. The Balaban J connectivity index is 2.05. The topological polar surface area (TPSA) is 46.9 Å². The lowest BCUT2D eigenvalue weighted by Gasteiger charge is -2.12. The lowest BCUT2D eigenvalue weighted by molar-refractivity contribution is -0.118. The van der Waals surface area contributed by atoms with E-state index in [4.69, 9.17) is 0 Å². The molecule has 24 heavy (non-hydrogen) atoms. The Labute approximate surface area is 143 Å². The highest BCUT2D eigenvalue weighted by molar-refractivity contribution is 7.99. The van der Waals surface area contributed by atoms with Gasteiger partial charge in [-0.3, -0.25) is 9.36 Å². The summed E-state index contributed by atoms with van der Waals surface area (Å²) in [6, 6.07) is 16.1. The maximum Gasteiger partial charge on any atom is 0.230 e. The van der Waals surface area contributed by atoms with Gasteiger partial charge in [-0.15, -0.1) is 0 Å². The Morgan fingerprint density at radius 1 is 1.17 bits per heavy atom. The summed E-state index contributed by atoms with van der Waals surface area (Å²) >= 11 is 1.34. The minimum Gasteiger partial charge on any atom is -0.358 e. The summed E-state index contributed by atoms with van der Waals surface area (Å²) < 4.78 is 15.2. The van der Waals surface area contributed by atoms with Gasteiger partial charge in [-0.2, -0.15) is 0 Å². The van der Waals surface area contributed by atoms with E-state index in [1.807, 2.05) is 34.9 Å². The number of aromatic nitrogens is 2. The molecule has 0 aliphatic rings. The molecule has 0 aliphatic carbocycles. The molecule has 0 spiro atoms. The van der Waals surface area contributed by atoms with Gasteiger partial charge in [0.25, 0.3) is 0 Å². The molecule has 3 rings (SSSR count). The highest BCUT2D eigenvalue weighted by Gasteiger charge is 2.15. The molecule has 0 fully saturated rings. The Morgan fingerprint density at radius 3 is 2.54 bits per heavy atom. The fraction of sp³-hybridized carbons (Fsp3) is 0.111. The summed E-state index contributed by atoms with van der Waals surface area (Å²) in [4.78, 5) is 16.0. The smallest absolute Gasteiger partial charge is 0.230 e. The Morgan fingerprint density at radius 2 is 1.88 bits per heavy atom. The second-order valence-electron chi connectivity index (χ2n) is 5.07. The van der Waals surface area contributed by atoms with Gasteiger partial charge in [0, 0.05) is 18.3 Å². The van der Waals surface area contributed by atoms with Gasteiger partial charge < -0.3 is 5.32 Å². The third-order valence-electron chi connectivity index (χ3n) is 3.50. The van der Waals surface area contributed by atoms with Crippen LogP contribution in [0.2, 0.25) is 0 Å². The quantitative estimate of drug-likeness (QED) is 0.722. The van der Waals surface area contributed by atoms with E-state index >= 15 is 0 Å². The fourth-order valence-corrected chi connectivity index (χ4v) is 3.16. The number of thioether (sulfide) groups is 1. The number of hydrogen-bond donors (Lipinski definition) is 1. The van der Waals surface area contributed by atoms with Crippen molar-refractivity contribution in [1.29, 1.82) is 0 Å². The third kappa shape index (κ3) is 3.49. The van der Waals surface area contributed by atoms with Crippen molar-refractivity contribution in [1.82, 2.24) is 14.9 Å². The lowest BCUT2D eigenvalue weighted by atomic mass is 10.1. The zero-order valence-corrected chi connectivity index (χ0v) is 13.9. The molecule has 1 aromatic heterocycles. The molecule has 4 nitrogen and oxygen atoms in total. The maximum absolute atomic E-state index is 13.3. The van der Waals surface area contributed by atoms with Crippen LogP contribution < -0.4 is 5.32 Å². The van der Waals surface area contributed by atoms with Crippen molar-refractivity contribution >= 4 is 17.7 Å². The van der Waals surface area contributed by atoms with Gasteiger partial charge in [0.2, 0.25) is 5.91 Å². The average Bonchev–Trinajstić information content (AvgIpc) is 3.05. The predicted octanol–water partition coefficient (Wildman–Crippen LogP) is 3.52. The molecule has 6 heteroatoms. The van der Waals surface area contributed by atoms with Crippen LogP contribution in [0.3, 0.4) is 0 Å². The molecule has 3 aromatic rings. The summed E-state index contributed by atoms with van der Waals surface area (Å²) in [6.07, 6.45) is 1.77. The number of nitrogens with one attached hydrogen (secondary N) is 1. The number of amides is 1. The number of rotatable bonds is 5. The predicted molar refractivity (Wildman–Crippen MR) is 93.7 cm³/mol. The van der Waals surface area contributed by atoms with E-state index in [1.165, 1.54) is 23.9 Å². The maximum atomic E-state index is 13.3. The van der Waals surface area contributed by atoms with E-state index in [2.05, 4.69) is 10.3 Å². The molecule has 1 amide bonds. The minimum absolute atomic E-state index is 0.0742. The van der Waals surface area contributed by atoms with Crippen molar-refractivity contribution in [3.05, 3.63) is 66.6 Å². The van der Waals surface area contributed by atoms with E-state index in [-0.39, 0.29) is 17.5 Å². The Kier molecular flexibility index (Phi) is 4.96. The van der Waals surface area contributed by atoms with E-state index < -0.39 is 0 Å². The first-order valence-corrected chi connectivity index (χ1v) is 8.40. The molecule has 0 saturated heterocycles. The van der Waals surface area contributed by atoms with E-state index in [0.717, 1.165) is 16.9 Å². The average molecular weight is 341 g/mol. The number of carbonyl (C=O) groups is 1. The summed E-state index contributed by atoms with van der Waals surface area (Å²) in [7, 11) is 1.60. The first-order chi connectivity index (χ1) is 11.7. The van der Waals surface area contributed by atoms with Gasteiger partial charge in [0.05, 0.1) is 17.6 Å². The molecular formula is C18H16FN3OS. The van der Waals surface area contributed by atoms with Crippen LogP contribution in [-0.4, -0.2) is 28.3 Å². The van der Waals surface area contributed by atoms with Crippen LogP contribution in [0.15, 0.2) is 66.0 Å². The number of benzene rings is 2. The van der Waals surface area contributed by atoms with Gasteiger partial charge >= 0.3 is 0 Å². The summed E-state index contributed by atoms with van der Waals surface area (Å²) in [5, 5.41) is 3.28. The largest absolute Gasteiger partial charge is 0.358 e. The van der Waals surface area contributed by atoms with Crippen LogP contribution in [0, 0.1) is 5.82 Å². The molecule has 1 heterocycles. The van der Waals surface area contributed by atoms with E-state index in [1.54, 1.807) is 25.4 Å². The van der Waals surface area contributed by atoms with Gasteiger partial charge in [-0.25, -0.2) is 9.37 Å². The number of carbonyl (C=O) groups excluding carboxylic acids is 1. The molecule has 2 aromatic carbocycles. The van der Waals surface area contributed by atoms with Gasteiger partial charge in [0.15, 0.2) is 5.16 Å². The van der Waals surface area contributed by atoms with Gasteiger partial charge in [-0.1, -0.05) is 42.1 Å². The molecule has 0 saturated carbocycles. The fourth-order valence-electron chi connectivity index (χ4n) is 2.29.